The van der Waals surface area contributed by atoms with Gasteiger partial charge in [0.05, 0.1) is 6.04 Å². The maximum absolute atomic E-state index is 11.4. The van der Waals surface area contributed by atoms with Crippen LogP contribution < -0.4 is 16.8 Å². The third-order valence-corrected chi connectivity index (χ3v) is 2.17. The molecule has 5 nitrogen and oxygen atoms in total. The van der Waals surface area contributed by atoms with Crippen LogP contribution in [0, 0.1) is 5.92 Å². The summed E-state index contributed by atoms with van der Waals surface area (Å²) < 4.78 is 0. The molecule has 0 unspecified atom stereocenters. The van der Waals surface area contributed by atoms with Gasteiger partial charge in [0.15, 0.2) is 0 Å². The number of carbonyl (C=O) groups excluding carboxylic acids is 2. The summed E-state index contributed by atoms with van der Waals surface area (Å²) in [6.07, 6.45) is 1.82. The van der Waals surface area contributed by atoms with Crippen molar-refractivity contribution in [1.29, 1.82) is 0 Å². The van der Waals surface area contributed by atoms with E-state index < -0.39 is 6.04 Å². The largest absolute Gasteiger partial charge is 0.370 e. The number of rotatable bonds is 7. The molecular formula is C10H21N3O2. The zero-order chi connectivity index (χ0) is 11.8. The van der Waals surface area contributed by atoms with Gasteiger partial charge in [-0.1, -0.05) is 13.8 Å². The molecule has 0 heterocycles. The smallest absolute Gasteiger partial charge is 0.237 e. The van der Waals surface area contributed by atoms with Crippen molar-refractivity contribution in [1.82, 2.24) is 5.32 Å². The fourth-order valence-electron chi connectivity index (χ4n) is 1.06. The second-order valence-corrected chi connectivity index (χ2v) is 3.98. The molecule has 0 aliphatic rings. The normalized spacial score (nSPS) is 12.5. The predicted octanol–water partition coefficient (Wildman–Crippen LogP) is -0.258. The summed E-state index contributed by atoms with van der Waals surface area (Å²) in [4.78, 5) is 21.8. The molecule has 0 saturated heterocycles. The van der Waals surface area contributed by atoms with E-state index in [1.165, 1.54) is 0 Å². The molecule has 0 bridgehead atoms. The molecule has 5 heteroatoms. The van der Waals surface area contributed by atoms with Crippen molar-refractivity contribution in [2.75, 3.05) is 6.54 Å². The Morgan fingerprint density at radius 3 is 2.33 bits per heavy atom. The van der Waals surface area contributed by atoms with E-state index in [1.807, 2.05) is 13.8 Å². The molecule has 0 rings (SSSR count). The van der Waals surface area contributed by atoms with Crippen LogP contribution in [0.15, 0.2) is 0 Å². The molecule has 5 N–H and O–H groups in total. The summed E-state index contributed by atoms with van der Waals surface area (Å²) in [6.45, 7) is 4.35. The van der Waals surface area contributed by atoms with Crippen molar-refractivity contribution >= 4 is 11.8 Å². The number of unbranched alkanes of at least 4 members (excludes halogenated alkanes) is 1. The Kier molecular flexibility index (Phi) is 6.70. The van der Waals surface area contributed by atoms with Crippen molar-refractivity contribution in [3.63, 3.8) is 0 Å². The number of hydrogen-bond acceptors (Lipinski definition) is 3. The van der Waals surface area contributed by atoms with Gasteiger partial charge in [0.25, 0.3) is 0 Å². The maximum atomic E-state index is 11.4. The molecule has 0 spiro atoms. The molecule has 0 aliphatic heterocycles. The molecule has 88 valence electrons. The van der Waals surface area contributed by atoms with E-state index >= 15 is 0 Å². The highest BCUT2D eigenvalue weighted by atomic mass is 16.2. The number of amides is 2. The molecule has 0 fully saturated rings. The van der Waals surface area contributed by atoms with Crippen molar-refractivity contribution in [2.24, 2.45) is 17.4 Å². The third-order valence-electron chi connectivity index (χ3n) is 2.17. The summed E-state index contributed by atoms with van der Waals surface area (Å²) >= 11 is 0. The third kappa shape index (κ3) is 6.90. The van der Waals surface area contributed by atoms with Gasteiger partial charge >= 0.3 is 0 Å². The highest BCUT2D eigenvalue weighted by molar-refractivity contribution is 5.81. The molecule has 15 heavy (non-hydrogen) atoms. The van der Waals surface area contributed by atoms with Gasteiger partial charge < -0.3 is 16.8 Å². The molecule has 0 aromatic carbocycles. The van der Waals surface area contributed by atoms with E-state index in [0.29, 0.717) is 19.4 Å². The highest BCUT2D eigenvalue weighted by Crippen LogP contribution is 1.98. The minimum Gasteiger partial charge on any atom is -0.370 e. The Balaban J connectivity index is 3.51. The Labute approximate surface area is 90.6 Å². The summed E-state index contributed by atoms with van der Waals surface area (Å²) in [6, 6.07) is -0.457. The van der Waals surface area contributed by atoms with Crippen molar-refractivity contribution in [3.05, 3.63) is 0 Å². The minimum atomic E-state index is -0.457. The molecule has 0 radical (unpaired) electrons. The zero-order valence-electron chi connectivity index (χ0n) is 9.45. The first-order chi connectivity index (χ1) is 6.95. The minimum absolute atomic E-state index is 0.135. The van der Waals surface area contributed by atoms with Gasteiger partial charge in [-0.2, -0.15) is 0 Å². The zero-order valence-corrected chi connectivity index (χ0v) is 9.45. The van der Waals surface area contributed by atoms with Gasteiger partial charge in [0, 0.05) is 13.0 Å². The van der Waals surface area contributed by atoms with Crippen molar-refractivity contribution in [3.8, 4) is 0 Å². The molecule has 2 amide bonds. The monoisotopic (exact) mass is 215 g/mol. The highest BCUT2D eigenvalue weighted by Gasteiger charge is 2.15. The van der Waals surface area contributed by atoms with Gasteiger partial charge in [-0.15, -0.1) is 0 Å². The van der Waals surface area contributed by atoms with Crippen LogP contribution in [0.1, 0.15) is 33.1 Å². The molecule has 1 atom stereocenters. The van der Waals surface area contributed by atoms with Crippen molar-refractivity contribution < 1.29 is 9.59 Å². The average molecular weight is 215 g/mol. The molecule has 0 aliphatic carbocycles. The summed E-state index contributed by atoms with van der Waals surface area (Å²) in [7, 11) is 0. The lowest BCUT2D eigenvalue weighted by Gasteiger charge is -2.14. The molecule has 0 aromatic rings. The van der Waals surface area contributed by atoms with Crippen LogP contribution in [0.25, 0.3) is 0 Å². The van der Waals surface area contributed by atoms with Crippen LogP contribution >= 0.6 is 0 Å². The second kappa shape index (κ2) is 7.23. The maximum Gasteiger partial charge on any atom is 0.237 e. The van der Waals surface area contributed by atoms with Crippen LogP contribution in [0.4, 0.5) is 0 Å². The fraction of sp³-hybridized carbons (Fsp3) is 0.800. The predicted molar refractivity (Wildman–Crippen MR) is 58.9 cm³/mol. The van der Waals surface area contributed by atoms with E-state index in [4.69, 9.17) is 11.5 Å². The summed E-state index contributed by atoms with van der Waals surface area (Å²) in [5, 5.41) is 2.72. The van der Waals surface area contributed by atoms with Gasteiger partial charge in [0.1, 0.15) is 0 Å². The van der Waals surface area contributed by atoms with Gasteiger partial charge in [-0.05, 0) is 18.8 Å². The first-order valence-electron chi connectivity index (χ1n) is 5.26. The number of nitrogens with one attached hydrogen (secondary N) is 1. The SMILES string of the molecule is CC(C)[C@H](N)C(=O)NCCCCC(N)=O. The molecule has 0 aromatic heterocycles. The topological polar surface area (TPSA) is 98.2 Å². The Hall–Kier alpha value is -1.10. The van der Waals surface area contributed by atoms with E-state index in [0.717, 1.165) is 6.42 Å². The molecular weight excluding hydrogens is 194 g/mol. The number of hydrogen-bond donors (Lipinski definition) is 3. The lowest BCUT2D eigenvalue weighted by molar-refractivity contribution is -0.123. The van der Waals surface area contributed by atoms with Crippen LogP contribution in [-0.2, 0) is 9.59 Å². The first-order valence-corrected chi connectivity index (χ1v) is 5.26. The van der Waals surface area contributed by atoms with E-state index in [-0.39, 0.29) is 17.7 Å². The first kappa shape index (κ1) is 13.9. The number of primary amides is 1. The summed E-state index contributed by atoms with van der Waals surface area (Å²) in [5.74, 6) is -0.306. The second-order valence-electron chi connectivity index (χ2n) is 3.98. The Bertz CT molecular complexity index is 217. The van der Waals surface area contributed by atoms with Crippen molar-refractivity contribution in [2.45, 2.75) is 39.2 Å². The number of nitrogens with two attached hydrogens (primary N) is 2. The van der Waals surface area contributed by atoms with Gasteiger partial charge in [-0.25, -0.2) is 0 Å². The van der Waals surface area contributed by atoms with E-state index in [9.17, 15) is 9.59 Å². The lowest BCUT2D eigenvalue weighted by atomic mass is 10.1. The van der Waals surface area contributed by atoms with Crippen LogP contribution in [0.2, 0.25) is 0 Å². The van der Waals surface area contributed by atoms with Gasteiger partial charge in [0.2, 0.25) is 11.8 Å². The Morgan fingerprint density at radius 1 is 1.27 bits per heavy atom. The Morgan fingerprint density at radius 2 is 1.87 bits per heavy atom. The molecule has 0 saturated carbocycles. The average Bonchev–Trinajstić information content (AvgIpc) is 2.15. The van der Waals surface area contributed by atoms with Crippen LogP contribution in [0.5, 0.6) is 0 Å². The van der Waals surface area contributed by atoms with Gasteiger partial charge in [-0.3, -0.25) is 9.59 Å². The summed E-state index contributed by atoms with van der Waals surface area (Å²) in [5.41, 5.74) is 10.6. The quantitative estimate of drug-likeness (QED) is 0.510. The number of carbonyl (C=O) groups is 2. The lowest BCUT2D eigenvalue weighted by Crippen LogP contribution is -2.44. The standard InChI is InChI=1S/C10H21N3O2/c1-7(2)9(12)10(15)13-6-4-3-5-8(11)14/h7,9H,3-6,12H2,1-2H3,(H2,11,14)(H,13,15)/t9-/m0/s1. The van der Waals surface area contributed by atoms with Crippen LogP contribution in [-0.4, -0.2) is 24.4 Å². The van der Waals surface area contributed by atoms with E-state index in [2.05, 4.69) is 5.32 Å². The fourth-order valence-corrected chi connectivity index (χ4v) is 1.06. The van der Waals surface area contributed by atoms with Crippen LogP contribution in [0.3, 0.4) is 0 Å². The van der Waals surface area contributed by atoms with E-state index in [1.54, 1.807) is 0 Å².